The van der Waals surface area contributed by atoms with Crippen molar-refractivity contribution in [2.45, 2.75) is 6.54 Å². The van der Waals surface area contributed by atoms with Crippen LogP contribution < -0.4 is 5.32 Å². The van der Waals surface area contributed by atoms with Gasteiger partial charge in [-0.1, -0.05) is 0 Å². The lowest BCUT2D eigenvalue weighted by Crippen LogP contribution is -2.54. The van der Waals surface area contributed by atoms with Gasteiger partial charge in [-0.05, 0) is 6.07 Å². The second-order valence-electron chi connectivity index (χ2n) is 5.26. The van der Waals surface area contributed by atoms with Crippen LogP contribution in [0, 0.1) is 0 Å². The fourth-order valence-electron chi connectivity index (χ4n) is 2.24. The highest BCUT2D eigenvalue weighted by Crippen LogP contribution is 2.05. The summed E-state index contributed by atoms with van der Waals surface area (Å²) in [7, 11) is 5.30. The Kier molecular flexibility index (Phi) is 4.66. The number of urea groups is 2. The first-order valence-corrected chi connectivity index (χ1v) is 6.95. The Morgan fingerprint density at radius 3 is 2.38 bits per heavy atom. The van der Waals surface area contributed by atoms with Crippen molar-refractivity contribution in [2.75, 3.05) is 40.3 Å². The summed E-state index contributed by atoms with van der Waals surface area (Å²) in [6.07, 6.45) is 1.70. The zero-order chi connectivity index (χ0) is 15.4. The van der Waals surface area contributed by atoms with Gasteiger partial charge in [0.2, 0.25) is 0 Å². The molecule has 0 aromatic carbocycles. The highest BCUT2D eigenvalue weighted by Gasteiger charge is 2.24. The largest absolute Gasteiger partial charge is 0.332 e. The maximum atomic E-state index is 12.1. The number of nitrogens with one attached hydrogen (secondary N) is 1. The summed E-state index contributed by atoms with van der Waals surface area (Å²) in [6, 6.07) is 1.76. The van der Waals surface area contributed by atoms with Crippen LogP contribution >= 0.6 is 0 Å². The fourth-order valence-corrected chi connectivity index (χ4v) is 2.24. The first-order valence-electron chi connectivity index (χ1n) is 6.95. The normalized spacial score (nSPS) is 15.0. The molecule has 0 spiro atoms. The minimum absolute atomic E-state index is 0.00931. The highest BCUT2D eigenvalue weighted by molar-refractivity contribution is 5.76. The molecule has 1 aliphatic heterocycles. The molecule has 8 nitrogen and oxygen atoms in total. The van der Waals surface area contributed by atoms with Gasteiger partial charge in [-0.25, -0.2) is 9.59 Å². The predicted octanol–water partition coefficient (Wildman–Crippen LogP) is -0.0711. The number of carbonyl (C=O) groups is 2. The van der Waals surface area contributed by atoms with Crippen molar-refractivity contribution in [3.05, 3.63) is 18.0 Å². The number of amides is 4. The first kappa shape index (κ1) is 15.1. The predicted molar refractivity (Wildman–Crippen MR) is 77.7 cm³/mol. The SMILES string of the molecule is CN(C)C(=O)N1CCN(C(=O)NCc2ccnn2C)CC1. The van der Waals surface area contributed by atoms with Crippen LogP contribution in [0.3, 0.4) is 0 Å². The summed E-state index contributed by atoms with van der Waals surface area (Å²) in [4.78, 5) is 28.9. The minimum atomic E-state index is -0.104. The lowest BCUT2D eigenvalue weighted by Gasteiger charge is -2.35. The van der Waals surface area contributed by atoms with E-state index in [0.29, 0.717) is 32.7 Å². The van der Waals surface area contributed by atoms with Crippen LogP contribution in [0.4, 0.5) is 9.59 Å². The number of carbonyl (C=O) groups excluding carboxylic acids is 2. The summed E-state index contributed by atoms with van der Waals surface area (Å²) in [5.74, 6) is 0. The Balaban J connectivity index is 1.78. The molecule has 1 aromatic heterocycles. The maximum absolute atomic E-state index is 12.1. The monoisotopic (exact) mass is 294 g/mol. The van der Waals surface area contributed by atoms with Crippen LogP contribution in [0.25, 0.3) is 0 Å². The topological polar surface area (TPSA) is 73.7 Å². The standard InChI is InChI=1S/C13H22N6O2/c1-16(2)13(21)19-8-6-18(7-9-19)12(20)14-10-11-4-5-15-17(11)3/h4-5H,6-10H2,1-3H3,(H,14,20). The number of hydrogen-bond donors (Lipinski definition) is 1. The maximum Gasteiger partial charge on any atom is 0.319 e. The zero-order valence-corrected chi connectivity index (χ0v) is 12.7. The van der Waals surface area contributed by atoms with Gasteiger partial charge in [0.15, 0.2) is 0 Å². The molecule has 0 bridgehead atoms. The molecule has 0 radical (unpaired) electrons. The lowest BCUT2D eigenvalue weighted by atomic mass is 10.3. The van der Waals surface area contributed by atoms with Gasteiger partial charge >= 0.3 is 12.1 Å². The molecule has 0 saturated carbocycles. The molecule has 21 heavy (non-hydrogen) atoms. The molecule has 1 aromatic rings. The van der Waals surface area contributed by atoms with E-state index in [1.807, 2.05) is 13.1 Å². The second kappa shape index (κ2) is 6.47. The molecule has 1 aliphatic rings. The molecule has 2 heterocycles. The van der Waals surface area contributed by atoms with Crippen molar-refractivity contribution in [2.24, 2.45) is 7.05 Å². The number of piperazine rings is 1. The van der Waals surface area contributed by atoms with E-state index in [0.717, 1.165) is 5.69 Å². The Bertz CT molecular complexity index is 505. The van der Waals surface area contributed by atoms with Crippen molar-refractivity contribution >= 4 is 12.1 Å². The van der Waals surface area contributed by atoms with Crippen LogP contribution in [-0.4, -0.2) is 76.8 Å². The van der Waals surface area contributed by atoms with Gasteiger partial charge in [-0.3, -0.25) is 4.68 Å². The average Bonchev–Trinajstić information content (AvgIpc) is 2.89. The van der Waals surface area contributed by atoms with Gasteiger partial charge < -0.3 is 20.0 Å². The molecule has 1 N–H and O–H groups in total. The van der Waals surface area contributed by atoms with Crippen LogP contribution in [0.1, 0.15) is 5.69 Å². The smallest absolute Gasteiger partial charge is 0.319 e. The zero-order valence-electron chi connectivity index (χ0n) is 12.7. The van der Waals surface area contributed by atoms with E-state index >= 15 is 0 Å². The van der Waals surface area contributed by atoms with Crippen LogP contribution in [0.2, 0.25) is 0 Å². The molecule has 0 aliphatic carbocycles. The molecule has 1 fully saturated rings. The van der Waals surface area contributed by atoms with E-state index in [9.17, 15) is 9.59 Å². The number of nitrogens with zero attached hydrogens (tertiary/aromatic N) is 5. The number of rotatable bonds is 2. The third kappa shape index (κ3) is 3.65. The van der Waals surface area contributed by atoms with Crippen molar-refractivity contribution in [3.8, 4) is 0 Å². The van der Waals surface area contributed by atoms with Gasteiger partial charge in [0, 0.05) is 53.5 Å². The summed E-state index contributed by atoms with van der Waals surface area (Å²) in [6.45, 7) is 2.69. The molecular formula is C13H22N6O2. The Morgan fingerprint density at radius 2 is 1.86 bits per heavy atom. The lowest BCUT2D eigenvalue weighted by molar-refractivity contribution is 0.128. The molecular weight excluding hydrogens is 272 g/mol. The second-order valence-corrected chi connectivity index (χ2v) is 5.26. The number of hydrogen-bond acceptors (Lipinski definition) is 3. The van der Waals surface area contributed by atoms with E-state index in [1.165, 1.54) is 0 Å². The van der Waals surface area contributed by atoms with Crippen LogP contribution in [0.15, 0.2) is 12.3 Å². The van der Waals surface area contributed by atoms with E-state index < -0.39 is 0 Å². The summed E-state index contributed by atoms with van der Waals surface area (Å²) in [5.41, 5.74) is 0.949. The Morgan fingerprint density at radius 1 is 1.24 bits per heavy atom. The number of aromatic nitrogens is 2. The number of aryl methyl sites for hydroxylation is 1. The van der Waals surface area contributed by atoms with Gasteiger partial charge in [0.25, 0.3) is 0 Å². The molecule has 1 saturated heterocycles. The molecule has 0 unspecified atom stereocenters. The first-order chi connectivity index (χ1) is 9.99. The molecule has 116 valence electrons. The van der Waals surface area contributed by atoms with E-state index in [-0.39, 0.29) is 12.1 Å². The quantitative estimate of drug-likeness (QED) is 0.830. The average molecular weight is 294 g/mol. The minimum Gasteiger partial charge on any atom is -0.332 e. The molecule has 4 amide bonds. The van der Waals surface area contributed by atoms with Crippen LogP contribution in [-0.2, 0) is 13.6 Å². The Labute approximate surface area is 124 Å². The van der Waals surface area contributed by atoms with Gasteiger partial charge in [-0.15, -0.1) is 0 Å². The molecule has 8 heteroatoms. The van der Waals surface area contributed by atoms with Gasteiger partial charge in [-0.2, -0.15) is 5.10 Å². The van der Waals surface area contributed by atoms with Crippen molar-refractivity contribution in [3.63, 3.8) is 0 Å². The Hall–Kier alpha value is -2.25. The molecule has 2 rings (SSSR count). The highest BCUT2D eigenvalue weighted by atomic mass is 16.2. The van der Waals surface area contributed by atoms with Crippen molar-refractivity contribution < 1.29 is 9.59 Å². The third-order valence-electron chi connectivity index (χ3n) is 3.56. The fraction of sp³-hybridized carbons (Fsp3) is 0.615. The van der Waals surface area contributed by atoms with E-state index in [1.54, 1.807) is 39.7 Å². The van der Waals surface area contributed by atoms with Crippen molar-refractivity contribution in [1.29, 1.82) is 0 Å². The van der Waals surface area contributed by atoms with Gasteiger partial charge in [0.05, 0.1) is 12.2 Å². The molecule has 0 atom stereocenters. The van der Waals surface area contributed by atoms with Crippen molar-refractivity contribution in [1.82, 2.24) is 29.8 Å². The third-order valence-corrected chi connectivity index (χ3v) is 3.56. The van der Waals surface area contributed by atoms with Crippen LogP contribution in [0.5, 0.6) is 0 Å². The van der Waals surface area contributed by atoms with E-state index in [4.69, 9.17) is 0 Å². The van der Waals surface area contributed by atoms with E-state index in [2.05, 4.69) is 10.4 Å². The summed E-state index contributed by atoms with van der Waals surface area (Å²) < 4.78 is 1.73. The van der Waals surface area contributed by atoms with Gasteiger partial charge in [0.1, 0.15) is 0 Å². The summed E-state index contributed by atoms with van der Waals surface area (Å²) in [5, 5.41) is 6.93. The summed E-state index contributed by atoms with van der Waals surface area (Å²) >= 11 is 0.